The van der Waals surface area contributed by atoms with Crippen molar-refractivity contribution in [1.29, 1.82) is 0 Å². The first-order chi connectivity index (χ1) is 14.3. The first kappa shape index (κ1) is 23.3. The highest BCUT2D eigenvalue weighted by Gasteiger charge is 2.29. The van der Waals surface area contributed by atoms with Gasteiger partial charge in [0.05, 0.1) is 5.56 Å². The van der Waals surface area contributed by atoms with E-state index in [-0.39, 0.29) is 5.91 Å². The predicted molar refractivity (Wildman–Crippen MR) is 114 cm³/mol. The summed E-state index contributed by atoms with van der Waals surface area (Å²) in [5, 5.41) is 9.14. The van der Waals surface area contributed by atoms with Gasteiger partial charge in [-0.3, -0.25) is 9.79 Å². The van der Waals surface area contributed by atoms with Crippen LogP contribution < -0.4 is 16.0 Å². The zero-order valence-corrected chi connectivity index (χ0v) is 17.1. The fourth-order valence-electron chi connectivity index (χ4n) is 2.78. The molecule has 3 N–H and O–H groups in total. The van der Waals surface area contributed by atoms with E-state index in [4.69, 9.17) is 0 Å². The molecule has 30 heavy (non-hydrogen) atoms. The van der Waals surface area contributed by atoms with Gasteiger partial charge >= 0.3 is 6.18 Å². The highest BCUT2D eigenvalue weighted by Crippen LogP contribution is 2.29. The Balaban J connectivity index is 1.81. The summed E-state index contributed by atoms with van der Waals surface area (Å²) in [6.07, 6.45) is -2.98. The van der Waals surface area contributed by atoms with Crippen molar-refractivity contribution in [3.8, 4) is 0 Å². The number of carbonyl (C=O) groups excluding carboxylic acids is 1. The van der Waals surface area contributed by atoms with Crippen LogP contribution in [0.2, 0.25) is 0 Å². The van der Waals surface area contributed by atoms with Crippen molar-refractivity contribution >= 4 is 17.6 Å². The van der Waals surface area contributed by atoms with Gasteiger partial charge in [0.2, 0.25) is 5.91 Å². The Morgan fingerprint density at radius 3 is 2.10 bits per heavy atom. The lowest BCUT2D eigenvalue weighted by molar-refractivity contribution is -0.137. The standard InChI is InChI=1S/C22H27F3N4O/c1-3-26-21(27-14-12-17-4-8-19(9-5-17)22(23,24)25)28-15-13-18-6-10-20(11-7-18)29-16(2)30/h4-11H,3,12-15H2,1-2H3,(H,29,30)(H2,26,27,28). The molecule has 0 heterocycles. The highest BCUT2D eigenvalue weighted by atomic mass is 19.4. The Kier molecular flexibility index (Phi) is 8.70. The van der Waals surface area contributed by atoms with Crippen molar-refractivity contribution in [3.63, 3.8) is 0 Å². The van der Waals surface area contributed by atoms with Gasteiger partial charge < -0.3 is 16.0 Å². The molecule has 0 saturated carbocycles. The molecule has 2 rings (SSSR count). The normalized spacial score (nSPS) is 11.8. The van der Waals surface area contributed by atoms with Gasteiger partial charge in [-0.05, 0) is 55.2 Å². The number of hydrogen-bond donors (Lipinski definition) is 3. The number of nitrogens with one attached hydrogen (secondary N) is 3. The molecule has 1 amide bonds. The Hall–Kier alpha value is -3.03. The van der Waals surface area contributed by atoms with E-state index in [1.54, 1.807) is 0 Å². The average Bonchev–Trinajstić information content (AvgIpc) is 2.68. The van der Waals surface area contributed by atoms with Crippen molar-refractivity contribution in [3.05, 3.63) is 65.2 Å². The summed E-state index contributed by atoms with van der Waals surface area (Å²) in [6.45, 7) is 5.28. The quantitative estimate of drug-likeness (QED) is 0.447. The summed E-state index contributed by atoms with van der Waals surface area (Å²) in [7, 11) is 0. The minimum absolute atomic E-state index is 0.104. The van der Waals surface area contributed by atoms with Gasteiger partial charge in [0.1, 0.15) is 0 Å². The third-order valence-corrected chi connectivity index (χ3v) is 4.28. The molecule has 0 bridgehead atoms. The molecule has 0 atom stereocenters. The maximum absolute atomic E-state index is 12.6. The fourth-order valence-corrected chi connectivity index (χ4v) is 2.78. The number of hydrogen-bond acceptors (Lipinski definition) is 2. The average molecular weight is 420 g/mol. The molecule has 0 fully saturated rings. The molecule has 0 aliphatic heterocycles. The number of guanidine groups is 1. The molecule has 0 spiro atoms. The molecule has 162 valence electrons. The maximum atomic E-state index is 12.6. The lowest BCUT2D eigenvalue weighted by Gasteiger charge is -2.12. The van der Waals surface area contributed by atoms with Gasteiger partial charge in [-0.1, -0.05) is 24.3 Å². The molecule has 0 unspecified atom stereocenters. The molecular weight excluding hydrogens is 393 g/mol. The van der Waals surface area contributed by atoms with Crippen LogP contribution in [-0.4, -0.2) is 31.5 Å². The third kappa shape index (κ3) is 8.14. The van der Waals surface area contributed by atoms with Crippen LogP contribution in [0.25, 0.3) is 0 Å². The Bertz CT molecular complexity index is 831. The van der Waals surface area contributed by atoms with Gasteiger partial charge in [-0.25, -0.2) is 0 Å². The van der Waals surface area contributed by atoms with Crippen molar-refractivity contribution in [1.82, 2.24) is 10.6 Å². The zero-order valence-electron chi connectivity index (χ0n) is 17.1. The van der Waals surface area contributed by atoms with Crippen LogP contribution >= 0.6 is 0 Å². The largest absolute Gasteiger partial charge is 0.416 e. The van der Waals surface area contributed by atoms with E-state index in [1.165, 1.54) is 19.1 Å². The van der Waals surface area contributed by atoms with Crippen LogP contribution in [0.3, 0.4) is 0 Å². The Labute approximate surface area is 174 Å². The van der Waals surface area contributed by atoms with E-state index in [1.807, 2.05) is 31.2 Å². The van der Waals surface area contributed by atoms with E-state index in [9.17, 15) is 18.0 Å². The zero-order chi connectivity index (χ0) is 22.0. The Morgan fingerprint density at radius 1 is 0.933 bits per heavy atom. The van der Waals surface area contributed by atoms with E-state index in [0.29, 0.717) is 32.0 Å². The maximum Gasteiger partial charge on any atom is 0.416 e. The summed E-state index contributed by atoms with van der Waals surface area (Å²) in [5.74, 6) is 0.562. The lowest BCUT2D eigenvalue weighted by Crippen LogP contribution is -2.38. The van der Waals surface area contributed by atoms with E-state index < -0.39 is 11.7 Å². The second kappa shape index (κ2) is 11.2. The van der Waals surface area contributed by atoms with Crippen LogP contribution in [0.1, 0.15) is 30.5 Å². The van der Waals surface area contributed by atoms with Crippen molar-refractivity contribution < 1.29 is 18.0 Å². The van der Waals surface area contributed by atoms with Crippen molar-refractivity contribution in [2.45, 2.75) is 32.9 Å². The fraction of sp³-hybridized carbons (Fsp3) is 0.364. The van der Waals surface area contributed by atoms with Gasteiger partial charge in [0.25, 0.3) is 0 Å². The lowest BCUT2D eigenvalue weighted by atomic mass is 10.1. The number of benzene rings is 2. The van der Waals surface area contributed by atoms with Crippen LogP contribution in [0.15, 0.2) is 53.5 Å². The second-order valence-electron chi connectivity index (χ2n) is 6.76. The molecule has 2 aromatic rings. The number of nitrogens with zero attached hydrogens (tertiary/aromatic N) is 1. The second-order valence-corrected chi connectivity index (χ2v) is 6.76. The summed E-state index contributed by atoms with van der Waals surface area (Å²) in [5.41, 5.74) is 2.05. The minimum Gasteiger partial charge on any atom is -0.357 e. The highest BCUT2D eigenvalue weighted by molar-refractivity contribution is 5.88. The predicted octanol–water partition coefficient (Wildman–Crippen LogP) is 4.00. The molecule has 2 aromatic carbocycles. The number of aliphatic imine (C=N–C) groups is 1. The summed E-state index contributed by atoms with van der Waals surface area (Å²) in [6, 6.07) is 12.8. The van der Waals surface area contributed by atoms with Crippen LogP contribution in [0.5, 0.6) is 0 Å². The van der Waals surface area contributed by atoms with Crippen molar-refractivity contribution in [2.75, 3.05) is 25.0 Å². The molecule has 8 heteroatoms. The number of carbonyl (C=O) groups is 1. The molecule has 0 radical (unpaired) electrons. The van der Waals surface area contributed by atoms with Gasteiger partial charge in [-0.2, -0.15) is 13.2 Å². The minimum atomic E-state index is -4.32. The molecule has 5 nitrogen and oxygen atoms in total. The third-order valence-electron chi connectivity index (χ3n) is 4.28. The monoisotopic (exact) mass is 420 g/mol. The molecule has 0 aliphatic carbocycles. The molecular formula is C22H27F3N4O. The van der Waals surface area contributed by atoms with Crippen LogP contribution in [0, 0.1) is 0 Å². The van der Waals surface area contributed by atoms with Crippen LogP contribution in [0.4, 0.5) is 18.9 Å². The number of anilines is 1. The first-order valence-electron chi connectivity index (χ1n) is 9.82. The summed E-state index contributed by atoms with van der Waals surface area (Å²) in [4.78, 5) is 15.5. The first-order valence-corrected chi connectivity index (χ1v) is 9.82. The topological polar surface area (TPSA) is 65.5 Å². The summed E-state index contributed by atoms with van der Waals surface area (Å²) >= 11 is 0. The Morgan fingerprint density at radius 2 is 1.53 bits per heavy atom. The smallest absolute Gasteiger partial charge is 0.357 e. The number of alkyl halides is 3. The van der Waals surface area contributed by atoms with E-state index in [0.717, 1.165) is 35.4 Å². The number of amides is 1. The van der Waals surface area contributed by atoms with E-state index in [2.05, 4.69) is 20.9 Å². The summed E-state index contributed by atoms with van der Waals surface area (Å²) < 4.78 is 37.9. The van der Waals surface area contributed by atoms with Crippen LogP contribution in [-0.2, 0) is 23.8 Å². The van der Waals surface area contributed by atoms with Crippen molar-refractivity contribution in [2.24, 2.45) is 4.99 Å². The SMILES string of the molecule is CCNC(=NCCc1ccc(C(F)(F)F)cc1)NCCc1ccc(NC(C)=O)cc1. The van der Waals surface area contributed by atoms with Gasteiger partial charge in [0.15, 0.2) is 5.96 Å². The molecule has 0 saturated heterocycles. The molecule has 0 aromatic heterocycles. The van der Waals surface area contributed by atoms with Gasteiger partial charge in [-0.15, -0.1) is 0 Å². The number of rotatable bonds is 8. The van der Waals surface area contributed by atoms with E-state index >= 15 is 0 Å². The molecule has 0 aliphatic rings. The van der Waals surface area contributed by atoms with Gasteiger partial charge in [0, 0.05) is 32.2 Å². The number of halogens is 3.